The van der Waals surface area contributed by atoms with Crippen molar-refractivity contribution in [3.8, 4) is 11.5 Å². The summed E-state index contributed by atoms with van der Waals surface area (Å²) in [5, 5.41) is 3.06. The van der Waals surface area contributed by atoms with Gasteiger partial charge in [-0.2, -0.15) is 0 Å². The molecule has 0 aliphatic rings. The minimum absolute atomic E-state index is 0.0423. The summed E-state index contributed by atoms with van der Waals surface area (Å²) in [7, 11) is 2.98. The molecule has 0 saturated carbocycles. The Morgan fingerprint density at radius 1 is 1.29 bits per heavy atom. The summed E-state index contributed by atoms with van der Waals surface area (Å²) < 4.78 is 15.2. The van der Waals surface area contributed by atoms with Crippen LogP contribution < -0.4 is 14.8 Å². The van der Waals surface area contributed by atoms with Gasteiger partial charge >= 0.3 is 5.97 Å². The molecule has 0 aliphatic carbocycles. The molecule has 0 spiro atoms. The van der Waals surface area contributed by atoms with E-state index in [4.69, 9.17) is 25.8 Å². The maximum atomic E-state index is 11.7. The Hall–Kier alpha value is -2.21. The standard InChI is InChI=1S/C17H22ClNO5/c1-5-11(2)19-15(20)10-24-16(21)7-6-12-8-13(18)17(23-4)14(9-12)22-3/h6-9,11H,5,10H2,1-4H3,(H,19,20)/b7-6+/t11-/m1/s1. The number of carbonyl (C=O) groups excluding carboxylic acids is 2. The van der Waals surface area contributed by atoms with Crippen LogP contribution in [-0.2, 0) is 14.3 Å². The molecular formula is C17H22ClNO5. The lowest BCUT2D eigenvalue weighted by atomic mass is 10.2. The van der Waals surface area contributed by atoms with Crippen LogP contribution in [0.4, 0.5) is 0 Å². The summed E-state index contributed by atoms with van der Waals surface area (Å²) in [5.74, 6) is -0.0907. The quantitative estimate of drug-likeness (QED) is 0.573. The molecule has 1 N–H and O–H groups in total. The number of ether oxygens (including phenoxy) is 3. The zero-order valence-corrected chi connectivity index (χ0v) is 15.0. The molecule has 24 heavy (non-hydrogen) atoms. The topological polar surface area (TPSA) is 73.9 Å². The highest BCUT2D eigenvalue weighted by atomic mass is 35.5. The summed E-state index contributed by atoms with van der Waals surface area (Å²) in [4.78, 5) is 23.2. The van der Waals surface area contributed by atoms with Crippen LogP contribution in [0.3, 0.4) is 0 Å². The molecule has 6 nitrogen and oxygen atoms in total. The third kappa shape index (κ3) is 6.12. The fourth-order valence-electron chi connectivity index (χ4n) is 1.80. The molecule has 1 atom stereocenters. The highest BCUT2D eigenvalue weighted by Gasteiger charge is 2.10. The van der Waals surface area contributed by atoms with Gasteiger partial charge in [0, 0.05) is 12.1 Å². The summed E-state index contributed by atoms with van der Waals surface area (Å²) in [6.07, 6.45) is 3.54. The molecule has 1 aromatic rings. The Morgan fingerprint density at radius 3 is 2.58 bits per heavy atom. The van der Waals surface area contributed by atoms with Gasteiger partial charge in [-0.15, -0.1) is 0 Å². The molecule has 7 heteroatoms. The van der Waals surface area contributed by atoms with Gasteiger partial charge in [-0.05, 0) is 37.1 Å². The number of carbonyl (C=O) groups is 2. The van der Waals surface area contributed by atoms with Gasteiger partial charge in [0.1, 0.15) is 0 Å². The van der Waals surface area contributed by atoms with Gasteiger partial charge in [-0.1, -0.05) is 18.5 Å². The van der Waals surface area contributed by atoms with Crippen LogP contribution in [-0.4, -0.2) is 38.7 Å². The summed E-state index contributed by atoms with van der Waals surface area (Å²) in [5.41, 5.74) is 0.638. The average molecular weight is 356 g/mol. The van der Waals surface area contributed by atoms with Crippen LogP contribution in [0.25, 0.3) is 6.08 Å². The van der Waals surface area contributed by atoms with Crippen molar-refractivity contribution in [1.82, 2.24) is 5.32 Å². The van der Waals surface area contributed by atoms with Gasteiger partial charge in [-0.25, -0.2) is 4.79 Å². The number of halogens is 1. The molecule has 0 heterocycles. The first-order chi connectivity index (χ1) is 11.4. The summed E-state index contributed by atoms with van der Waals surface area (Å²) in [6.45, 7) is 3.51. The number of benzene rings is 1. The fourth-order valence-corrected chi connectivity index (χ4v) is 2.10. The molecule has 1 aromatic carbocycles. The van der Waals surface area contributed by atoms with E-state index in [0.717, 1.165) is 6.42 Å². The van der Waals surface area contributed by atoms with Crippen molar-refractivity contribution >= 4 is 29.6 Å². The van der Waals surface area contributed by atoms with Gasteiger partial charge in [0.05, 0.1) is 19.2 Å². The smallest absolute Gasteiger partial charge is 0.331 e. The minimum atomic E-state index is -0.625. The maximum Gasteiger partial charge on any atom is 0.331 e. The van der Waals surface area contributed by atoms with Crippen LogP contribution in [0.15, 0.2) is 18.2 Å². The van der Waals surface area contributed by atoms with Crippen molar-refractivity contribution in [3.05, 3.63) is 28.8 Å². The first-order valence-electron chi connectivity index (χ1n) is 7.47. The van der Waals surface area contributed by atoms with Crippen LogP contribution in [0.2, 0.25) is 5.02 Å². The normalized spacial score (nSPS) is 11.9. The second-order valence-electron chi connectivity index (χ2n) is 5.06. The van der Waals surface area contributed by atoms with Crippen LogP contribution in [0.1, 0.15) is 25.8 Å². The van der Waals surface area contributed by atoms with Crippen molar-refractivity contribution in [3.63, 3.8) is 0 Å². The van der Waals surface area contributed by atoms with Crippen molar-refractivity contribution in [1.29, 1.82) is 0 Å². The zero-order chi connectivity index (χ0) is 18.1. The van der Waals surface area contributed by atoms with E-state index in [1.807, 2.05) is 13.8 Å². The van der Waals surface area contributed by atoms with E-state index in [1.54, 1.807) is 12.1 Å². The predicted octanol–water partition coefficient (Wildman–Crippen LogP) is 2.83. The van der Waals surface area contributed by atoms with Crippen molar-refractivity contribution in [2.45, 2.75) is 26.3 Å². The molecule has 0 aliphatic heterocycles. The lowest BCUT2D eigenvalue weighted by molar-refractivity contribution is -0.144. The Balaban J connectivity index is 2.64. The molecule has 0 saturated heterocycles. The Bertz CT molecular complexity index is 615. The highest BCUT2D eigenvalue weighted by Crippen LogP contribution is 2.36. The number of methoxy groups -OCH3 is 2. The molecule has 0 fully saturated rings. The number of amides is 1. The van der Waals surface area contributed by atoms with Gasteiger partial charge in [0.2, 0.25) is 0 Å². The monoisotopic (exact) mass is 355 g/mol. The second kappa shape index (κ2) is 9.82. The van der Waals surface area contributed by atoms with E-state index in [1.165, 1.54) is 26.4 Å². The van der Waals surface area contributed by atoms with Gasteiger partial charge in [0.25, 0.3) is 5.91 Å². The first kappa shape index (κ1) is 19.8. The van der Waals surface area contributed by atoms with Crippen molar-refractivity contribution < 1.29 is 23.8 Å². The average Bonchev–Trinajstić information content (AvgIpc) is 2.57. The number of esters is 1. The molecule has 0 bridgehead atoms. The molecule has 0 unspecified atom stereocenters. The minimum Gasteiger partial charge on any atom is -0.493 e. The van der Waals surface area contributed by atoms with E-state index in [-0.39, 0.29) is 18.6 Å². The van der Waals surface area contributed by atoms with E-state index < -0.39 is 5.97 Å². The molecule has 0 aromatic heterocycles. The first-order valence-corrected chi connectivity index (χ1v) is 7.84. The molecular weight excluding hydrogens is 334 g/mol. The number of rotatable bonds is 8. The predicted molar refractivity (Wildman–Crippen MR) is 92.4 cm³/mol. The Morgan fingerprint density at radius 2 is 2.00 bits per heavy atom. The third-order valence-corrected chi connectivity index (χ3v) is 3.51. The van der Waals surface area contributed by atoms with Gasteiger partial charge < -0.3 is 19.5 Å². The van der Waals surface area contributed by atoms with E-state index >= 15 is 0 Å². The second-order valence-corrected chi connectivity index (χ2v) is 5.46. The summed E-state index contributed by atoms with van der Waals surface area (Å²) in [6, 6.07) is 3.34. The van der Waals surface area contributed by atoms with E-state index in [0.29, 0.717) is 22.1 Å². The number of hydrogen-bond donors (Lipinski definition) is 1. The molecule has 0 radical (unpaired) electrons. The molecule has 1 amide bonds. The highest BCUT2D eigenvalue weighted by molar-refractivity contribution is 6.32. The molecule has 132 valence electrons. The Kier molecular flexibility index (Phi) is 8.12. The van der Waals surface area contributed by atoms with E-state index in [2.05, 4.69) is 5.32 Å². The van der Waals surface area contributed by atoms with Gasteiger partial charge in [-0.3, -0.25) is 4.79 Å². The maximum absolute atomic E-state index is 11.7. The lowest BCUT2D eigenvalue weighted by Crippen LogP contribution is -2.35. The SMILES string of the molecule is CC[C@@H](C)NC(=O)COC(=O)/C=C/c1cc(Cl)c(OC)c(OC)c1. The van der Waals surface area contributed by atoms with Crippen LogP contribution in [0.5, 0.6) is 11.5 Å². The van der Waals surface area contributed by atoms with Crippen molar-refractivity contribution in [2.75, 3.05) is 20.8 Å². The van der Waals surface area contributed by atoms with E-state index in [9.17, 15) is 9.59 Å². The third-order valence-electron chi connectivity index (χ3n) is 3.23. The van der Waals surface area contributed by atoms with Crippen LogP contribution >= 0.6 is 11.6 Å². The Labute approximate surface area is 146 Å². The largest absolute Gasteiger partial charge is 0.493 e. The molecule has 1 rings (SSSR count). The zero-order valence-electron chi connectivity index (χ0n) is 14.2. The van der Waals surface area contributed by atoms with Crippen LogP contribution in [0, 0.1) is 0 Å². The fraction of sp³-hybridized carbons (Fsp3) is 0.412. The summed E-state index contributed by atoms with van der Waals surface area (Å²) >= 11 is 6.09. The van der Waals surface area contributed by atoms with Gasteiger partial charge in [0.15, 0.2) is 18.1 Å². The van der Waals surface area contributed by atoms with Crippen molar-refractivity contribution in [2.24, 2.45) is 0 Å². The number of nitrogens with one attached hydrogen (secondary N) is 1. The number of hydrogen-bond acceptors (Lipinski definition) is 5. The lowest BCUT2D eigenvalue weighted by Gasteiger charge is -2.11.